The molecule has 0 radical (unpaired) electrons. The highest BCUT2D eigenvalue weighted by Crippen LogP contribution is 2.33. The van der Waals surface area contributed by atoms with E-state index in [1.165, 1.54) is 23.1 Å². The lowest BCUT2D eigenvalue weighted by molar-refractivity contribution is -0.200. The van der Waals surface area contributed by atoms with Crippen LogP contribution in [0.4, 0.5) is 23.2 Å². The van der Waals surface area contributed by atoms with Gasteiger partial charge in [0.05, 0.1) is 6.54 Å². The Morgan fingerprint density at radius 2 is 1.96 bits per heavy atom. The molecular weight excluding hydrogens is 340 g/mol. The first-order chi connectivity index (χ1) is 11.7. The van der Waals surface area contributed by atoms with E-state index in [-0.39, 0.29) is 25.4 Å². The number of benzene rings is 1. The fraction of sp³-hybridized carbons (Fsp3) is 0.588. The summed E-state index contributed by atoms with van der Waals surface area (Å²) in [5.74, 6) is -0.202. The van der Waals surface area contributed by atoms with Crippen LogP contribution in [0, 0.1) is 11.7 Å². The van der Waals surface area contributed by atoms with Gasteiger partial charge in [-0.1, -0.05) is 0 Å². The zero-order valence-electron chi connectivity index (χ0n) is 13.6. The molecule has 0 spiro atoms. The number of fused-ring (bicyclic) bond motifs is 1. The van der Waals surface area contributed by atoms with E-state index in [0.29, 0.717) is 23.7 Å². The smallest absolute Gasteiger partial charge is 0.382 e. The van der Waals surface area contributed by atoms with Crippen molar-refractivity contribution >= 4 is 11.6 Å². The van der Waals surface area contributed by atoms with Crippen LogP contribution in [0.3, 0.4) is 0 Å². The minimum Gasteiger partial charge on any atom is -0.382 e. The van der Waals surface area contributed by atoms with E-state index >= 15 is 0 Å². The summed E-state index contributed by atoms with van der Waals surface area (Å²) in [6.45, 7) is 0.130. The Labute approximate surface area is 143 Å². The number of anilines is 1. The van der Waals surface area contributed by atoms with Crippen molar-refractivity contribution in [2.75, 3.05) is 24.5 Å². The number of halogens is 4. The minimum absolute atomic E-state index is 0.0474. The Hall–Kier alpha value is -1.83. The molecule has 25 heavy (non-hydrogen) atoms. The Balaban J connectivity index is 1.87. The molecule has 1 N–H and O–H groups in total. The van der Waals surface area contributed by atoms with Crippen molar-refractivity contribution in [2.24, 2.45) is 5.92 Å². The van der Waals surface area contributed by atoms with Gasteiger partial charge in [-0.25, -0.2) is 4.39 Å². The highest BCUT2D eigenvalue weighted by Gasteiger charge is 2.40. The number of carbonyl (C=O) groups is 1. The first-order valence-electron chi connectivity index (χ1n) is 8.30. The zero-order chi connectivity index (χ0) is 18.2. The van der Waals surface area contributed by atoms with Crippen LogP contribution >= 0.6 is 0 Å². The minimum atomic E-state index is -4.75. The lowest BCUT2D eigenvalue weighted by atomic mass is 10.1. The van der Waals surface area contributed by atoms with Crippen LogP contribution < -0.4 is 4.90 Å². The predicted octanol–water partition coefficient (Wildman–Crippen LogP) is 2.70. The van der Waals surface area contributed by atoms with Gasteiger partial charge in [-0.15, -0.1) is 0 Å². The molecule has 1 amide bonds. The average molecular weight is 360 g/mol. The molecule has 1 aliphatic heterocycles. The van der Waals surface area contributed by atoms with Gasteiger partial charge in [0.15, 0.2) is 6.10 Å². The van der Waals surface area contributed by atoms with E-state index in [1.54, 1.807) is 4.90 Å². The van der Waals surface area contributed by atoms with E-state index in [9.17, 15) is 27.5 Å². The summed E-state index contributed by atoms with van der Waals surface area (Å²) in [6.07, 6.45) is -5.09. The molecule has 2 aliphatic rings. The normalized spacial score (nSPS) is 20.1. The number of alkyl halides is 3. The van der Waals surface area contributed by atoms with Crippen LogP contribution in [0.15, 0.2) is 18.2 Å². The van der Waals surface area contributed by atoms with Crippen molar-refractivity contribution in [1.82, 2.24) is 4.90 Å². The standard InChI is InChI=1S/C17H20F4N2O2/c18-13-3-4-14-12(7-13)9-23(8-11-1-2-11)16(25)5-6-22(14)10-15(24)17(19,20)21/h3-4,7,11,15,24H,1-2,5-6,8-10H2. The van der Waals surface area contributed by atoms with Crippen molar-refractivity contribution in [2.45, 2.75) is 38.1 Å². The number of β-amino-alcohol motifs (C(OH)–C–C–N with tert-alkyl or cyclic N) is 1. The third kappa shape index (κ3) is 4.42. The Morgan fingerprint density at radius 1 is 1.24 bits per heavy atom. The number of hydrogen-bond donors (Lipinski definition) is 1. The van der Waals surface area contributed by atoms with Crippen molar-refractivity contribution in [3.8, 4) is 0 Å². The third-order valence-corrected chi connectivity index (χ3v) is 4.64. The summed E-state index contributed by atoms with van der Waals surface area (Å²) in [5.41, 5.74) is 0.890. The number of amides is 1. The van der Waals surface area contributed by atoms with E-state index in [0.717, 1.165) is 12.8 Å². The Morgan fingerprint density at radius 3 is 2.60 bits per heavy atom. The van der Waals surface area contributed by atoms with Crippen LogP contribution in [-0.2, 0) is 11.3 Å². The van der Waals surface area contributed by atoms with Gasteiger partial charge in [-0.05, 0) is 42.5 Å². The van der Waals surface area contributed by atoms with E-state index in [4.69, 9.17) is 0 Å². The Kier molecular flexibility index (Phi) is 4.90. The van der Waals surface area contributed by atoms with Gasteiger partial charge in [-0.2, -0.15) is 13.2 Å². The monoisotopic (exact) mass is 360 g/mol. The largest absolute Gasteiger partial charge is 0.416 e. The van der Waals surface area contributed by atoms with Crippen LogP contribution in [0.5, 0.6) is 0 Å². The Bertz CT molecular complexity index is 646. The second-order valence-corrected chi connectivity index (χ2v) is 6.74. The first-order valence-corrected chi connectivity index (χ1v) is 8.30. The number of aliphatic hydroxyl groups excluding tert-OH is 1. The molecule has 1 fully saturated rings. The SMILES string of the molecule is O=C1CCN(CC(O)C(F)(F)F)c2ccc(F)cc2CN1CC1CC1. The molecule has 3 rings (SSSR count). The summed E-state index contributed by atoms with van der Waals surface area (Å²) in [5, 5.41) is 9.39. The predicted molar refractivity (Wildman–Crippen MR) is 83.4 cm³/mol. The van der Waals surface area contributed by atoms with Crippen LogP contribution in [0.1, 0.15) is 24.8 Å². The van der Waals surface area contributed by atoms with Gasteiger partial charge in [-0.3, -0.25) is 4.79 Å². The fourth-order valence-corrected chi connectivity index (χ4v) is 3.07. The van der Waals surface area contributed by atoms with Gasteiger partial charge in [0.1, 0.15) is 5.82 Å². The number of aliphatic hydroxyl groups is 1. The molecule has 8 heteroatoms. The summed E-state index contributed by atoms with van der Waals surface area (Å²) < 4.78 is 51.8. The highest BCUT2D eigenvalue weighted by atomic mass is 19.4. The molecule has 1 saturated carbocycles. The number of nitrogens with zero attached hydrogens (tertiary/aromatic N) is 2. The van der Waals surface area contributed by atoms with Gasteiger partial charge in [0.2, 0.25) is 5.91 Å². The quantitative estimate of drug-likeness (QED) is 0.840. The molecule has 1 atom stereocenters. The van der Waals surface area contributed by atoms with Crippen molar-refractivity contribution in [3.05, 3.63) is 29.6 Å². The van der Waals surface area contributed by atoms with E-state index in [1.807, 2.05) is 0 Å². The first kappa shape index (κ1) is 18.0. The van der Waals surface area contributed by atoms with E-state index in [2.05, 4.69) is 0 Å². The molecule has 1 unspecified atom stereocenters. The number of rotatable bonds is 4. The summed E-state index contributed by atoms with van der Waals surface area (Å²) in [7, 11) is 0. The summed E-state index contributed by atoms with van der Waals surface area (Å²) in [6, 6.07) is 3.85. The van der Waals surface area contributed by atoms with Gasteiger partial charge < -0.3 is 14.9 Å². The van der Waals surface area contributed by atoms with Gasteiger partial charge >= 0.3 is 6.18 Å². The lowest BCUT2D eigenvalue weighted by Gasteiger charge is -2.34. The van der Waals surface area contributed by atoms with E-state index < -0.39 is 24.6 Å². The molecule has 1 aliphatic carbocycles. The molecule has 1 aromatic rings. The number of hydrogen-bond acceptors (Lipinski definition) is 3. The average Bonchev–Trinajstić information content (AvgIpc) is 3.33. The van der Waals surface area contributed by atoms with Crippen LogP contribution in [-0.4, -0.2) is 47.8 Å². The molecule has 0 saturated heterocycles. The maximum Gasteiger partial charge on any atom is 0.416 e. The second kappa shape index (κ2) is 6.82. The maximum absolute atomic E-state index is 13.7. The topological polar surface area (TPSA) is 43.8 Å². The maximum atomic E-state index is 13.7. The molecule has 138 valence electrons. The fourth-order valence-electron chi connectivity index (χ4n) is 3.07. The zero-order valence-corrected chi connectivity index (χ0v) is 13.6. The third-order valence-electron chi connectivity index (χ3n) is 4.64. The second-order valence-electron chi connectivity index (χ2n) is 6.74. The van der Waals surface area contributed by atoms with Crippen LogP contribution in [0.2, 0.25) is 0 Å². The summed E-state index contributed by atoms with van der Waals surface area (Å²) >= 11 is 0. The number of carbonyl (C=O) groups excluding carboxylic acids is 1. The van der Waals surface area contributed by atoms with Crippen molar-refractivity contribution in [3.63, 3.8) is 0 Å². The summed E-state index contributed by atoms with van der Waals surface area (Å²) in [4.78, 5) is 15.4. The highest BCUT2D eigenvalue weighted by molar-refractivity contribution is 5.78. The van der Waals surface area contributed by atoms with Crippen molar-refractivity contribution < 1.29 is 27.5 Å². The van der Waals surface area contributed by atoms with Gasteiger partial charge in [0.25, 0.3) is 0 Å². The van der Waals surface area contributed by atoms with Crippen LogP contribution in [0.25, 0.3) is 0 Å². The molecular formula is C17H20F4N2O2. The molecule has 0 aromatic heterocycles. The molecule has 0 bridgehead atoms. The molecule has 4 nitrogen and oxygen atoms in total. The molecule has 1 aromatic carbocycles. The van der Waals surface area contributed by atoms with Crippen molar-refractivity contribution in [1.29, 1.82) is 0 Å². The lowest BCUT2D eigenvalue weighted by Crippen LogP contribution is -2.45. The molecule has 1 heterocycles. The van der Waals surface area contributed by atoms with Gasteiger partial charge in [0, 0.05) is 31.7 Å².